The maximum Gasteiger partial charge on any atom is 0.280 e. The number of hydrogen-bond acceptors (Lipinski definition) is 2. The first-order chi connectivity index (χ1) is 6.27. The summed E-state index contributed by atoms with van der Waals surface area (Å²) in [6.45, 7) is 0.487. The molecule has 1 aromatic rings. The van der Waals surface area contributed by atoms with Crippen LogP contribution in [-0.2, 0) is 6.54 Å². The second-order valence-electron chi connectivity index (χ2n) is 3.26. The number of hydrogen-bond donors (Lipinski definition) is 2. The number of aromatic nitrogens is 2. The van der Waals surface area contributed by atoms with Crippen LogP contribution in [0.15, 0.2) is 6.20 Å². The maximum atomic E-state index is 12.3. The molecule has 5 heteroatoms. The van der Waals surface area contributed by atoms with Crippen LogP contribution in [0.25, 0.3) is 0 Å². The highest BCUT2D eigenvalue weighted by atomic mass is 19.3. The molecule has 72 valence electrons. The molecule has 0 radical (unpaired) electrons. The van der Waals surface area contributed by atoms with Crippen molar-refractivity contribution in [3.8, 4) is 0 Å². The van der Waals surface area contributed by atoms with Crippen molar-refractivity contribution >= 4 is 0 Å². The molecule has 2 rings (SSSR count). The fourth-order valence-corrected chi connectivity index (χ4v) is 1.19. The predicted molar refractivity (Wildman–Crippen MR) is 43.4 cm³/mol. The number of rotatable bonds is 4. The normalized spacial score (nSPS) is 16.8. The van der Waals surface area contributed by atoms with E-state index >= 15 is 0 Å². The van der Waals surface area contributed by atoms with Gasteiger partial charge in [-0.25, -0.2) is 8.78 Å². The number of nitrogens with zero attached hydrogens (tertiary/aromatic N) is 1. The van der Waals surface area contributed by atoms with Crippen molar-refractivity contribution in [2.24, 2.45) is 0 Å². The van der Waals surface area contributed by atoms with Crippen LogP contribution in [0.4, 0.5) is 8.78 Å². The van der Waals surface area contributed by atoms with Gasteiger partial charge in [-0.2, -0.15) is 5.10 Å². The van der Waals surface area contributed by atoms with Crippen LogP contribution >= 0.6 is 0 Å². The third kappa shape index (κ3) is 2.03. The SMILES string of the molecule is FC(F)c1[nH]ncc1CNC1CC1. The Kier molecular flexibility index (Phi) is 2.26. The van der Waals surface area contributed by atoms with Crippen molar-refractivity contribution in [3.63, 3.8) is 0 Å². The highest BCUT2D eigenvalue weighted by molar-refractivity contribution is 5.17. The van der Waals surface area contributed by atoms with E-state index in [2.05, 4.69) is 15.5 Å². The molecule has 0 aromatic carbocycles. The molecule has 0 amide bonds. The summed E-state index contributed by atoms with van der Waals surface area (Å²) in [5.74, 6) is 0. The van der Waals surface area contributed by atoms with Gasteiger partial charge in [-0.1, -0.05) is 0 Å². The molecule has 1 aliphatic rings. The van der Waals surface area contributed by atoms with E-state index in [0.717, 1.165) is 12.8 Å². The van der Waals surface area contributed by atoms with Crippen LogP contribution in [0.3, 0.4) is 0 Å². The minimum absolute atomic E-state index is 0.0619. The topological polar surface area (TPSA) is 40.7 Å². The van der Waals surface area contributed by atoms with Crippen LogP contribution in [0, 0.1) is 0 Å². The molecule has 0 aliphatic heterocycles. The molecule has 0 bridgehead atoms. The van der Waals surface area contributed by atoms with E-state index in [1.54, 1.807) is 0 Å². The third-order valence-corrected chi connectivity index (χ3v) is 2.13. The van der Waals surface area contributed by atoms with E-state index < -0.39 is 6.43 Å². The summed E-state index contributed by atoms with van der Waals surface area (Å²) in [6, 6.07) is 0.528. The first-order valence-electron chi connectivity index (χ1n) is 4.31. The molecule has 1 heterocycles. The summed E-state index contributed by atoms with van der Waals surface area (Å²) < 4.78 is 24.6. The number of nitrogens with one attached hydrogen (secondary N) is 2. The van der Waals surface area contributed by atoms with Crippen molar-refractivity contribution in [2.45, 2.75) is 31.9 Å². The van der Waals surface area contributed by atoms with Gasteiger partial charge in [0.05, 0.1) is 6.20 Å². The van der Waals surface area contributed by atoms with Crippen molar-refractivity contribution in [3.05, 3.63) is 17.5 Å². The molecule has 3 nitrogen and oxygen atoms in total. The smallest absolute Gasteiger partial charge is 0.280 e. The maximum absolute atomic E-state index is 12.3. The van der Waals surface area contributed by atoms with Crippen LogP contribution in [0.2, 0.25) is 0 Å². The van der Waals surface area contributed by atoms with E-state index in [9.17, 15) is 8.78 Å². The zero-order valence-electron chi connectivity index (χ0n) is 7.06. The Bertz CT molecular complexity index is 281. The second kappa shape index (κ2) is 3.41. The summed E-state index contributed by atoms with van der Waals surface area (Å²) in [5, 5.41) is 9.07. The van der Waals surface area contributed by atoms with Gasteiger partial charge in [0.25, 0.3) is 6.43 Å². The number of alkyl halides is 2. The number of halogens is 2. The van der Waals surface area contributed by atoms with Crippen LogP contribution in [0.1, 0.15) is 30.5 Å². The Morgan fingerprint density at radius 3 is 3.00 bits per heavy atom. The fourth-order valence-electron chi connectivity index (χ4n) is 1.19. The van der Waals surface area contributed by atoms with Crippen LogP contribution < -0.4 is 5.32 Å². The summed E-state index contributed by atoms with van der Waals surface area (Å²) in [7, 11) is 0. The molecule has 1 aliphatic carbocycles. The van der Waals surface area contributed by atoms with E-state index in [1.165, 1.54) is 6.20 Å². The van der Waals surface area contributed by atoms with Crippen LogP contribution in [0.5, 0.6) is 0 Å². The van der Waals surface area contributed by atoms with Crippen molar-refractivity contribution in [1.29, 1.82) is 0 Å². The lowest BCUT2D eigenvalue weighted by molar-refractivity contribution is 0.144. The number of aromatic amines is 1. The zero-order valence-corrected chi connectivity index (χ0v) is 7.06. The van der Waals surface area contributed by atoms with Gasteiger partial charge in [-0.05, 0) is 12.8 Å². The minimum atomic E-state index is -2.46. The molecule has 0 atom stereocenters. The lowest BCUT2D eigenvalue weighted by Gasteiger charge is -2.02. The van der Waals surface area contributed by atoms with Gasteiger partial charge in [0.2, 0.25) is 0 Å². The minimum Gasteiger partial charge on any atom is -0.310 e. The standard InChI is InChI=1S/C8H11F2N3/c9-8(10)7-5(4-12-13-7)3-11-6-1-2-6/h4,6,8,11H,1-3H2,(H,12,13). The van der Waals surface area contributed by atoms with Gasteiger partial charge in [-0.15, -0.1) is 0 Å². The van der Waals surface area contributed by atoms with Gasteiger partial charge >= 0.3 is 0 Å². The Morgan fingerprint density at radius 2 is 2.38 bits per heavy atom. The van der Waals surface area contributed by atoms with Crippen molar-refractivity contribution < 1.29 is 8.78 Å². The number of H-pyrrole nitrogens is 1. The Hall–Kier alpha value is -0.970. The molecule has 0 saturated heterocycles. The third-order valence-electron chi connectivity index (χ3n) is 2.13. The fraction of sp³-hybridized carbons (Fsp3) is 0.625. The van der Waals surface area contributed by atoms with Gasteiger partial charge in [0, 0.05) is 18.2 Å². The van der Waals surface area contributed by atoms with E-state index in [-0.39, 0.29) is 5.69 Å². The lowest BCUT2D eigenvalue weighted by Crippen LogP contribution is -2.15. The van der Waals surface area contributed by atoms with E-state index in [0.29, 0.717) is 18.2 Å². The average Bonchev–Trinajstić information content (AvgIpc) is 2.79. The first-order valence-corrected chi connectivity index (χ1v) is 4.31. The van der Waals surface area contributed by atoms with Gasteiger partial charge < -0.3 is 5.32 Å². The highest BCUT2D eigenvalue weighted by Crippen LogP contribution is 2.22. The second-order valence-corrected chi connectivity index (χ2v) is 3.26. The highest BCUT2D eigenvalue weighted by Gasteiger charge is 2.22. The monoisotopic (exact) mass is 187 g/mol. The van der Waals surface area contributed by atoms with Gasteiger partial charge in [-0.3, -0.25) is 5.10 Å². The van der Waals surface area contributed by atoms with Gasteiger partial charge in [0.15, 0.2) is 0 Å². The van der Waals surface area contributed by atoms with Gasteiger partial charge in [0.1, 0.15) is 5.69 Å². The first kappa shape index (κ1) is 8.62. The summed E-state index contributed by atoms with van der Waals surface area (Å²) >= 11 is 0. The Morgan fingerprint density at radius 1 is 1.62 bits per heavy atom. The van der Waals surface area contributed by atoms with Crippen LogP contribution in [-0.4, -0.2) is 16.2 Å². The molecule has 13 heavy (non-hydrogen) atoms. The molecular weight excluding hydrogens is 176 g/mol. The molecule has 1 saturated carbocycles. The quantitative estimate of drug-likeness (QED) is 0.751. The lowest BCUT2D eigenvalue weighted by atomic mass is 10.2. The summed E-state index contributed by atoms with van der Waals surface area (Å²) in [4.78, 5) is 0. The van der Waals surface area contributed by atoms with Crippen molar-refractivity contribution in [2.75, 3.05) is 0 Å². The van der Waals surface area contributed by atoms with Crippen molar-refractivity contribution in [1.82, 2.24) is 15.5 Å². The summed E-state index contributed by atoms with van der Waals surface area (Å²) in [6.07, 6.45) is 1.30. The molecule has 1 aromatic heterocycles. The zero-order chi connectivity index (χ0) is 9.26. The van der Waals surface area contributed by atoms with E-state index in [4.69, 9.17) is 0 Å². The molecule has 0 unspecified atom stereocenters. The average molecular weight is 187 g/mol. The predicted octanol–water partition coefficient (Wildman–Crippen LogP) is 1.60. The largest absolute Gasteiger partial charge is 0.310 e. The molecule has 0 spiro atoms. The molecule has 2 N–H and O–H groups in total. The molecular formula is C8H11F2N3. The Balaban J connectivity index is 1.96. The van der Waals surface area contributed by atoms with E-state index in [1.807, 2.05) is 0 Å². The molecule has 1 fully saturated rings. The summed E-state index contributed by atoms with van der Waals surface area (Å²) in [5.41, 5.74) is 0.509. The Labute approximate surface area is 74.5 Å².